The summed E-state index contributed by atoms with van der Waals surface area (Å²) in [6, 6.07) is 6.90. The molecule has 0 saturated carbocycles. The second-order valence-corrected chi connectivity index (χ2v) is 8.92. The van der Waals surface area contributed by atoms with Gasteiger partial charge in [0.1, 0.15) is 5.82 Å². The highest BCUT2D eigenvalue weighted by Gasteiger charge is 2.42. The summed E-state index contributed by atoms with van der Waals surface area (Å²) < 4.78 is 14.5. The van der Waals surface area contributed by atoms with Gasteiger partial charge in [0, 0.05) is 12.0 Å². The number of Topliss-reactive ketones (excluding diaryl/α,β-unsaturated/α-hetero) is 1. The predicted molar refractivity (Wildman–Crippen MR) is 94.7 cm³/mol. The zero-order valence-electron chi connectivity index (χ0n) is 14.0. The van der Waals surface area contributed by atoms with E-state index in [2.05, 4.69) is 26.1 Å². The van der Waals surface area contributed by atoms with Gasteiger partial charge in [-0.2, -0.15) is 0 Å². The first-order valence-corrected chi connectivity index (χ1v) is 9.06. The molecule has 2 heterocycles. The number of thiophene rings is 1. The van der Waals surface area contributed by atoms with Crippen LogP contribution in [-0.2, 0) is 0 Å². The molecule has 0 aliphatic carbocycles. The van der Waals surface area contributed by atoms with E-state index < -0.39 is 0 Å². The molecule has 2 nitrogen and oxygen atoms in total. The number of hydrogen-bond acceptors (Lipinski definition) is 3. The van der Waals surface area contributed by atoms with E-state index in [-0.39, 0.29) is 22.4 Å². The SMILES string of the molecule is CC(C)(C)CCC1(C(=O)c2cc3cccc(F)c3s2)CCNC1. The maximum atomic E-state index is 13.9. The Balaban J connectivity index is 1.92. The number of ketones is 1. The normalized spacial score (nSPS) is 21.9. The average Bonchev–Trinajstić information content (AvgIpc) is 3.12. The summed E-state index contributed by atoms with van der Waals surface area (Å²) in [6.45, 7) is 8.25. The molecule has 1 atom stereocenters. The van der Waals surface area contributed by atoms with Crippen molar-refractivity contribution in [3.05, 3.63) is 35.0 Å². The zero-order chi connectivity index (χ0) is 16.7. The molecule has 0 amide bonds. The molecule has 1 aromatic carbocycles. The first-order valence-electron chi connectivity index (χ1n) is 8.24. The largest absolute Gasteiger partial charge is 0.316 e. The van der Waals surface area contributed by atoms with E-state index in [0.29, 0.717) is 9.58 Å². The molecule has 2 aromatic rings. The molecule has 4 heteroatoms. The monoisotopic (exact) mass is 333 g/mol. The second kappa shape index (κ2) is 5.99. The second-order valence-electron chi connectivity index (χ2n) is 7.87. The van der Waals surface area contributed by atoms with Gasteiger partial charge in [0.2, 0.25) is 0 Å². The first kappa shape index (κ1) is 16.6. The van der Waals surface area contributed by atoms with E-state index in [1.807, 2.05) is 12.1 Å². The van der Waals surface area contributed by atoms with Crippen LogP contribution in [0, 0.1) is 16.6 Å². The van der Waals surface area contributed by atoms with Crippen molar-refractivity contribution in [3.63, 3.8) is 0 Å². The van der Waals surface area contributed by atoms with Crippen LogP contribution in [0.1, 0.15) is 49.7 Å². The van der Waals surface area contributed by atoms with Crippen LogP contribution in [0.5, 0.6) is 0 Å². The Bertz CT molecular complexity index is 723. The molecule has 1 N–H and O–H groups in total. The summed E-state index contributed by atoms with van der Waals surface area (Å²) in [7, 11) is 0. The molecule has 23 heavy (non-hydrogen) atoms. The van der Waals surface area contributed by atoms with Crippen LogP contribution >= 0.6 is 11.3 Å². The van der Waals surface area contributed by atoms with Crippen LogP contribution in [0.4, 0.5) is 4.39 Å². The third-order valence-corrected chi connectivity index (χ3v) is 5.96. The lowest BCUT2D eigenvalue weighted by Crippen LogP contribution is -2.34. The van der Waals surface area contributed by atoms with Crippen molar-refractivity contribution in [2.45, 2.75) is 40.0 Å². The van der Waals surface area contributed by atoms with Gasteiger partial charge in [-0.25, -0.2) is 4.39 Å². The van der Waals surface area contributed by atoms with Crippen molar-refractivity contribution in [2.24, 2.45) is 10.8 Å². The average molecular weight is 333 g/mol. The molecule has 3 rings (SSSR count). The quantitative estimate of drug-likeness (QED) is 0.795. The number of nitrogens with one attached hydrogen (secondary N) is 1. The van der Waals surface area contributed by atoms with Gasteiger partial charge in [0.25, 0.3) is 0 Å². The van der Waals surface area contributed by atoms with E-state index in [1.54, 1.807) is 6.07 Å². The Hall–Kier alpha value is -1.26. The van der Waals surface area contributed by atoms with Crippen molar-refractivity contribution in [2.75, 3.05) is 13.1 Å². The summed E-state index contributed by atoms with van der Waals surface area (Å²) in [6.07, 6.45) is 2.78. The van der Waals surface area contributed by atoms with Gasteiger partial charge in [0.15, 0.2) is 5.78 Å². The fourth-order valence-corrected chi connectivity index (χ4v) is 4.40. The number of carbonyl (C=O) groups excluding carboxylic acids is 1. The van der Waals surface area contributed by atoms with Gasteiger partial charge in [-0.1, -0.05) is 32.9 Å². The number of halogens is 1. The van der Waals surface area contributed by atoms with Gasteiger partial charge in [-0.15, -0.1) is 11.3 Å². The maximum absolute atomic E-state index is 13.9. The molecular weight excluding hydrogens is 309 g/mol. The van der Waals surface area contributed by atoms with Gasteiger partial charge in [-0.05, 0) is 48.7 Å². The molecule has 0 spiro atoms. The Morgan fingerprint density at radius 3 is 2.78 bits per heavy atom. The molecule has 1 aliphatic rings. The lowest BCUT2D eigenvalue weighted by Gasteiger charge is -2.30. The molecule has 1 aliphatic heterocycles. The van der Waals surface area contributed by atoms with Crippen LogP contribution < -0.4 is 5.32 Å². The lowest BCUT2D eigenvalue weighted by molar-refractivity contribution is 0.0788. The third-order valence-electron chi connectivity index (χ3n) is 4.80. The highest BCUT2D eigenvalue weighted by molar-refractivity contribution is 7.20. The van der Waals surface area contributed by atoms with Gasteiger partial charge < -0.3 is 5.32 Å². The topological polar surface area (TPSA) is 29.1 Å². The summed E-state index contributed by atoms with van der Waals surface area (Å²) in [5, 5.41) is 4.18. The van der Waals surface area contributed by atoms with Crippen molar-refractivity contribution >= 4 is 27.2 Å². The summed E-state index contributed by atoms with van der Waals surface area (Å²) in [4.78, 5) is 13.9. The van der Waals surface area contributed by atoms with Crippen molar-refractivity contribution in [3.8, 4) is 0 Å². The molecular formula is C19H24FNOS. The summed E-state index contributed by atoms with van der Waals surface area (Å²) in [5.74, 6) is -0.0489. The van der Waals surface area contributed by atoms with Crippen LogP contribution in [0.2, 0.25) is 0 Å². The fourth-order valence-electron chi connectivity index (χ4n) is 3.28. The van der Waals surface area contributed by atoms with Crippen LogP contribution in [0.25, 0.3) is 10.1 Å². The number of fused-ring (bicyclic) bond motifs is 1. The highest BCUT2D eigenvalue weighted by Crippen LogP contribution is 2.41. The number of benzene rings is 1. The Morgan fingerprint density at radius 2 is 2.17 bits per heavy atom. The van der Waals surface area contributed by atoms with E-state index >= 15 is 0 Å². The smallest absolute Gasteiger partial charge is 0.180 e. The van der Waals surface area contributed by atoms with Crippen molar-refractivity contribution in [1.29, 1.82) is 0 Å². The standard InChI is InChI=1S/C19H24FNOS/c1-18(2,3)7-8-19(9-10-21-12-19)17(22)15-11-13-5-4-6-14(20)16(13)23-15/h4-6,11,21H,7-10,12H2,1-3H3. The molecule has 1 saturated heterocycles. The zero-order valence-corrected chi connectivity index (χ0v) is 14.9. The van der Waals surface area contributed by atoms with Crippen LogP contribution in [-0.4, -0.2) is 18.9 Å². The molecule has 1 aromatic heterocycles. The third kappa shape index (κ3) is 3.33. The van der Waals surface area contributed by atoms with Crippen LogP contribution in [0.15, 0.2) is 24.3 Å². The number of hydrogen-bond donors (Lipinski definition) is 1. The molecule has 124 valence electrons. The van der Waals surface area contributed by atoms with Gasteiger partial charge in [-0.3, -0.25) is 4.79 Å². The van der Waals surface area contributed by atoms with E-state index in [0.717, 1.165) is 37.7 Å². The fraction of sp³-hybridized carbons (Fsp3) is 0.526. The Kier molecular flexibility index (Phi) is 4.32. The van der Waals surface area contributed by atoms with Crippen molar-refractivity contribution < 1.29 is 9.18 Å². The Morgan fingerprint density at radius 1 is 1.39 bits per heavy atom. The number of carbonyl (C=O) groups is 1. The van der Waals surface area contributed by atoms with E-state index in [9.17, 15) is 9.18 Å². The highest BCUT2D eigenvalue weighted by atomic mass is 32.1. The van der Waals surface area contributed by atoms with Crippen LogP contribution in [0.3, 0.4) is 0 Å². The summed E-state index contributed by atoms with van der Waals surface area (Å²) in [5.41, 5.74) is -0.118. The van der Waals surface area contributed by atoms with E-state index in [4.69, 9.17) is 0 Å². The number of rotatable bonds is 4. The molecule has 0 bridgehead atoms. The van der Waals surface area contributed by atoms with Gasteiger partial charge >= 0.3 is 0 Å². The predicted octanol–water partition coefficient (Wildman–Crippen LogP) is 5.03. The minimum Gasteiger partial charge on any atom is -0.316 e. The van der Waals surface area contributed by atoms with Gasteiger partial charge in [0.05, 0.1) is 9.58 Å². The summed E-state index contributed by atoms with van der Waals surface area (Å²) >= 11 is 1.30. The minimum atomic E-state index is -0.329. The Labute approximate surface area is 141 Å². The lowest BCUT2D eigenvalue weighted by atomic mass is 9.74. The first-order chi connectivity index (χ1) is 10.8. The van der Waals surface area contributed by atoms with E-state index in [1.165, 1.54) is 17.4 Å². The molecule has 0 radical (unpaired) electrons. The van der Waals surface area contributed by atoms with Crippen molar-refractivity contribution in [1.82, 2.24) is 5.32 Å². The molecule has 1 fully saturated rings. The minimum absolute atomic E-state index is 0.187. The molecule has 1 unspecified atom stereocenters. The maximum Gasteiger partial charge on any atom is 0.180 e.